The van der Waals surface area contributed by atoms with E-state index in [9.17, 15) is 5.11 Å². The average molecular weight is 406 g/mol. The highest BCUT2D eigenvalue weighted by atomic mass is 127. The molecular weight excluding hydrogens is 385 g/mol. The number of aryl methyl sites for hydroxylation is 1. The van der Waals surface area contributed by atoms with E-state index >= 15 is 0 Å². The van der Waals surface area contributed by atoms with Crippen molar-refractivity contribution in [3.05, 3.63) is 44.5 Å². The Morgan fingerprint density at radius 2 is 1.55 bits per heavy atom. The third kappa shape index (κ3) is 3.00. The van der Waals surface area contributed by atoms with Gasteiger partial charge in [-0.15, -0.1) is 0 Å². The zero-order valence-electron chi connectivity index (χ0n) is 14.0. The number of hydrogen-bond donors (Lipinski definition) is 1. The van der Waals surface area contributed by atoms with Gasteiger partial charge in [0.2, 0.25) is 0 Å². The van der Waals surface area contributed by atoms with E-state index in [0.29, 0.717) is 5.75 Å². The second kappa shape index (κ2) is 6.19. The molecule has 0 amide bonds. The van der Waals surface area contributed by atoms with Crippen molar-refractivity contribution in [1.82, 2.24) is 0 Å². The Morgan fingerprint density at radius 1 is 1.05 bits per heavy atom. The van der Waals surface area contributed by atoms with Crippen LogP contribution in [0.15, 0.2) is 24.3 Å². The van der Waals surface area contributed by atoms with Crippen molar-refractivity contribution < 1.29 is 9.84 Å². The Kier molecular flexibility index (Phi) is 4.85. The van der Waals surface area contributed by atoms with E-state index < -0.39 is 0 Å². The fourth-order valence-electron chi connectivity index (χ4n) is 2.90. The molecular formula is C17H21B2IO2. The van der Waals surface area contributed by atoms with Crippen molar-refractivity contribution in [1.29, 1.82) is 0 Å². The van der Waals surface area contributed by atoms with Crippen LogP contribution in [-0.2, 0) is 5.41 Å². The molecule has 0 spiro atoms. The van der Waals surface area contributed by atoms with Gasteiger partial charge in [-0.25, -0.2) is 0 Å². The van der Waals surface area contributed by atoms with Crippen LogP contribution in [0, 0.1) is 10.5 Å². The van der Waals surface area contributed by atoms with Crippen molar-refractivity contribution in [3.8, 4) is 11.5 Å². The Balaban J connectivity index is 2.60. The van der Waals surface area contributed by atoms with Gasteiger partial charge < -0.3 is 9.84 Å². The van der Waals surface area contributed by atoms with Gasteiger partial charge in [0.05, 0.1) is 10.7 Å². The lowest BCUT2D eigenvalue weighted by molar-refractivity contribution is 0.421. The lowest BCUT2D eigenvalue weighted by Gasteiger charge is -2.28. The highest BCUT2D eigenvalue weighted by Gasteiger charge is 2.26. The van der Waals surface area contributed by atoms with Crippen LogP contribution < -0.4 is 15.7 Å². The molecule has 0 bridgehead atoms. The number of rotatable bonds is 3. The fraction of sp³-hybridized carbons (Fsp3) is 0.294. The quantitative estimate of drug-likeness (QED) is 0.613. The smallest absolute Gasteiger partial charge is 0.144 e. The van der Waals surface area contributed by atoms with Gasteiger partial charge in [0.1, 0.15) is 27.2 Å². The SMILES string of the molecule is Bc1cc(C(C)(C)c2cc(C)c(O)c(I)c2)cc(B)c1OC. The summed E-state index contributed by atoms with van der Waals surface area (Å²) >= 11 is 2.19. The van der Waals surface area contributed by atoms with Crippen molar-refractivity contribution in [2.75, 3.05) is 7.11 Å². The number of halogens is 1. The molecule has 0 radical (unpaired) electrons. The van der Waals surface area contributed by atoms with Gasteiger partial charge in [-0.1, -0.05) is 32.0 Å². The minimum atomic E-state index is -0.139. The van der Waals surface area contributed by atoms with Gasteiger partial charge in [0, 0.05) is 5.41 Å². The fourth-order valence-corrected chi connectivity index (χ4v) is 3.66. The summed E-state index contributed by atoms with van der Waals surface area (Å²) in [7, 11) is 5.88. The van der Waals surface area contributed by atoms with Crippen molar-refractivity contribution in [2.24, 2.45) is 0 Å². The lowest BCUT2D eigenvalue weighted by Crippen LogP contribution is -2.27. The molecule has 0 aliphatic carbocycles. The number of aromatic hydroxyl groups is 1. The molecule has 0 saturated heterocycles. The van der Waals surface area contributed by atoms with E-state index in [-0.39, 0.29) is 5.41 Å². The largest absolute Gasteiger partial charge is 0.507 e. The monoisotopic (exact) mass is 406 g/mol. The van der Waals surface area contributed by atoms with Gasteiger partial charge in [0.15, 0.2) is 0 Å². The predicted molar refractivity (Wildman–Crippen MR) is 107 cm³/mol. The molecule has 0 unspecified atom stereocenters. The van der Waals surface area contributed by atoms with Crippen LogP contribution in [0.2, 0.25) is 0 Å². The number of hydrogen-bond acceptors (Lipinski definition) is 2. The van der Waals surface area contributed by atoms with Crippen LogP contribution in [0.5, 0.6) is 11.5 Å². The highest BCUT2D eigenvalue weighted by Crippen LogP contribution is 2.35. The summed E-state index contributed by atoms with van der Waals surface area (Å²) in [5, 5.41) is 10.00. The Hall–Kier alpha value is -1.10. The molecule has 0 atom stereocenters. The molecule has 0 fully saturated rings. The van der Waals surface area contributed by atoms with E-state index in [0.717, 1.165) is 25.8 Å². The van der Waals surface area contributed by atoms with E-state index in [4.69, 9.17) is 4.74 Å². The van der Waals surface area contributed by atoms with E-state index in [1.807, 2.05) is 6.92 Å². The first-order valence-electron chi connectivity index (χ1n) is 7.33. The number of benzene rings is 2. The first kappa shape index (κ1) is 17.3. The Bertz CT molecular complexity index is 681. The average Bonchev–Trinajstić information content (AvgIpc) is 2.43. The summed E-state index contributed by atoms with van der Waals surface area (Å²) in [5.74, 6) is 1.33. The predicted octanol–water partition coefficient (Wildman–Crippen LogP) is 1.16. The van der Waals surface area contributed by atoms with Crippen molar-refractivity contribution in [2.45, 2.75) is 26.2 Å². The summed E-state index contributed by atoms with van der Waals surface area (Å²) < 4.78 is 6.36. The van der Waals surface area contributed by atoms with Crippen molar-refractivity contribution in [3.63, 3.8) is 0 Å². The molecule has 2 aromatic rings. The first-order valence-corrected chi connectivity index (χ1v) is 8.41. The molecule has 0 saturated carbocycles. The maximum absolute atomic E-state index is 10.00. The molecule has 1 N–H and O–H groups in total. The Labute approximate surface area is 148 Å². The number of phenols is 1. The minimum Gasteiger partial charge on any atom is -0.507 e. The van der Waals surface area contributed by atoms with E-state index in [1.54, 1.807) is 7.11 Å². The number of phenolic OH excluding ortho intramolecular Hbond substituents is 1. The van der Waals surface area contributed by atoms with Gasteiger partial charge in [-0.2, -0.15) is 0 Å². The van der Waals surface area contributed by atoms with Crippen LogP contribution in [0.4, 0.5) is 0 Å². The molecule has 0 heterocycles. The maximum Gasteiger partial charge on any atom is 0.144 e. The van der Waals surface area contributed by atoms with Crippen LogP contribution in [0.3, 0.4) is 0 Å². The second-order valence-corrected chi connectivity index (χ2v) is 7.55. The third-order valence-electron chi connectivity index (χ3n) is 4.36. The summed E-state index contributed by atoms with van der Waals surface area (Å²) in [6.45, 7) is 6.38. The van der Waals surface area contributed by atoms with Gasteiger partial charge in [-0.05, 0) is 63.2 Å². The van der Waals surface area contributed by atoms with Crippen LogP contribution in [0.1, 0.15) is 30.5 Å². The maximum atomic E-state index is 10.00. The molecule has 2 rings (SSSR count). The molecule has 114 valence electrons. The first-order chi connectivity index (χ1) is 10.2. The molecule has 5 heteroatoms. The zero-order chi connectivity index (χ0) is 16.7. The summed E-state index contributed by atoms with van der Waals surface area (Å²) in [5.41, 5.74) is 5.53. The summed E-state index contributed by atoms with van der Waals surface area (Å²) in [6.07, 6.45) is 0. The lowest BCUT2D eigenvalue weighted by atomic mass is 9.73. The van der Waals surface area contributed by atoms with Gasteiger partial charge >= 0.3 is 0 Å². The van der Waals surface area contributed by atoms with E-state index in [1.165, 1.54) is 11.1 Å². The number of ether oxygens (including phenoxy) is 1. The third-order valence-corrected chi connectivity index (χ3v) is 5.18. The van der Waals surface area contributed by atoms with Crippen molar-refractivity contribution >= 4 is 49.2 Å². The highest BCUT2D eigenvalue weighted by molar-refractivity contribution is 14.1. The molecule has 22 heavy (non-hydrogen) atoms. The van der Waals surface area contributed by atoms with Crippen LogP contribution >= 0.6 is 22.6 Å². The van der Waals surface area contributed by atoms with Gasteiger partial charge in [0.25, 0.3) is 0 Å². The number of methoxy groups -OCH3 is 1. The second-order valence-electron chi connectivity index (χ2n) is 6.39. The zero-order valence-corrected chi connectivity index (χ0v) is 16.2. The summed E-state index contributed by atoms with van der Waals surface area (Å²) in [4.78, 5) is 0. The standard InChI is InChI=1S/C17H21B2IO2/c1-9-5-10(8-14(20)15(9)21)17(2,3)11-6-12(18)16(22-4)13(19)7-11/h5-8,21H,18-19H2,1-4H3. The normalized spacial score (nSPS) is 11.5. The molecule has 0 aromatic heterocycles. The topological polar surface area (TPSA) is 29.5 Å². The molecule has 0 aliphatic rings. The van der Waals surface area contributed by atoms with Crippen LogP contribution in [0.25, 0.3) is 0 Å². The minimum absolute atomic E-state index is 0.139. The van der Waals surface area contributed by atoms with Crippen LogP contribution in [-0.4, -0.2) is 27.9 Å². The molecule has 0 aliphatic heterocycles. The van der Waals surface area contributed by atoms with Gasteiger partial charge in [-0.3, -0.25) is 0 Å². The Morgan fingerprint density at radius 3 is 2.00 bits per heavy atom. The summed E-state index contributed by atoms with van der Waals surface area (Å²) in [6, 6.07) is 8.53. The molecule has 2 aromatic carbocycles. The van der Waals surface area contributed by atoms with E-state index in [2.05, 4.69) is 76.4 Å². The molecule has 2 nitrogen and oxygen atoms in total.